The molecule has 0 radical (unpaired) electrons. The molecule has 2 unspecified atom stereocenters. The van der Waals surface area contributed by atoms with Crippen LogP contribution in [0.15, 0.2) is 126 Å². The normalized spacial score (nSPS) is 14.0. The van der Waals surface area contributed by atoms with Gasteiger partial charge in [-0.2, -0.15) is 0 Å². The maximum atomic E-state index is 12.3. The van der Waals surface area contributed by atoms with Crippen molar-refractivity contribution in [3.8, 4) is 0 Å². The minimum Gasteiger partial charge on any atom is -0.385 e. The first-order chi connectivity index (χ1) is 18.1. The lowest BCUT2D eigenvalue weighted by molar-refractivity contribution is 0.0853. The zero-order chi connectivity index (χ0) is 25.2. The summed E-state index contributed by atoms with van der Waals surface area (Å²) in [5.74, 6) is 0. The van der Waals surface area contributed by atoms with Crippen LogP contribution in [0.25, 0.3) is 21.8 Å². The summed E-state index contributed by atoms with van der Waals surface area (Å²) in [6, 6.07) is 40.1. The third-order valence-electron chi connectivity index (χ3n) is 6.66. The van der Waals surface area contributed by atoms with Gasteiger partial charge in [-0.25, -0.2) is 4.68 Å². The number of rotatable bonds is 7. The fourth-order valence-electron chi connectivity index (χ4n) is 4.84. The van der Waals surface area contributed by atoms with Crippen LogP contribution in [0.2, 0.25) is 5.02 Å². The summed E-state index contributed by atoms with van der Waals surface area (Å²) in [5.41, 5.74) is 3.48. The van der Waals surface area contributed by atoms with E-state index >= 15 is 0 Å². The Morgan fingerprint density at radius 2 is 1.49 bits per heavy atom. The molecule has 6 rings (SSSR count). The van der Waals surface area contributed by atoms with Crippen LogP contribution in [0.3, 0.4) is 0 Å². The van der Waals surface area contributed by atoms with Crippen LogP contribution in [-0.2, 0) is 11.3 Å². The number of aliphatic hydroxyl groups is 1. The zero-order valence-corrected chi connectivity index (χ0v) is 21.5. The van der Waals surface area contributed by atoms with E-state index in [2.05, 4.69) is 52.8 Å². The third-order valence-corrected chi connectivity index (χ3v) is 8.38. The Morgan fingerprint density at radius 3 is 2.32 bits per heavy atom. The van der Waals surface area contributed by atoms with Gasteiger partial charge in [0.15, 0.2) is 0 Å². The highest BCUT2D eigenvalue weighted by Gasteiger charge is 2.44. The van der Waals surface area contributed by atoms with Crippen molar-refractivity contribution in [3.63, 3.8) is 0 Å². The fraction of sp³-hybridized carbons (Fsp3) is 0.0968. The van der Waals surface area contributed by atoms with Crippen molar-refractivity contribution in [2.75, 3.05) is 0 Å². The summed E-state index contributed by atoms with van der Waals surface area (Å²) in [4.78, 5) is 0.0942. The molecule has 0 aliphatic heterocycles. The number of hydrogen-bond donors (Lipinski definition) is 1. The average molecular weight is 522 g/mol. The van der Waals surface area contributed by atoms with Crippen molar-refractivity contribution in [1.82, 2.24) is 15.0 Å². The van der Waals surface area contributed by atoms with E-state index in [-0.39, 0.29) is 0 Å². The first-order valence-corrected chi connectivity index (χ1v) is 13.3. The molecule has 0 saturated heterocycles. The molecule has 5 aromatic carbocycles. The van der Waals surface area contributed by atoms with Gasteiger partial charge in [0.05, 0.1) is 5.52 Å². The first kappa shape index (κ1) is 23.7. The molecule has 4 nitrogen and oxygen atoms in total. The number of halogens is 1. The SMILES string of the molecule is OC(c1ccc(Cl)cc1)C(Cc1ccccc1)(Sc1cccc2ccccc12)n1nnc2ccccc21. The molecule has 0 bridgehead atoms. The van der Waals surface area contributed by atoms with E-state index in [1.54, 1.807) is 11.8 Å². The molecule has 0 fully saturated rings. The van der Waals surface area contributed by atoms with E-state index in [0.717, 1.165) is 37.8 Å². The number of para-hydroxylation sites is 1. The second-order valence-corrected chi connectivity index (χ2v) is 10.8. The molecule has 6 aromatic rings. The minimum atomic E-state index is -0.963. The number of hydrogen-bond acceptors (Lipinski definition) is 4. The van der Waals surface area contributed by atoms with Crippen LogP contribution in [0, 0.1) is 0 Å². The average Bonchev–Trinajstić information content (AvgIpc) is 3.38. The molecule has 0 amide bonds. The van der Waals surface area contributed by atoms with Gasteiger partial charge in [0.1, 0.15) is 16.5 Å². The van der Waals surface area contributed by atoms with Crippen molar-refractivity contribution < 1.29 is 5.11 Å². The quantitative estimate of drug-likeness (QED) is 0.219. The standard InChI is InChI=1S/C31H24ClN3OS/c32-25-19-17-24(18-20-25)30(36)31(21-22-9-2-1-3-10-22,35-28-15-7-6-14-27(28)33-34-35)37-29-16-8-12-23-11-4-5-13-26(23)29/h1-20,30,36H,21H2. The van der Waals surface area contributed by atoms with Crippen LogP contribution in [0.5, 0.6) is 0 Å². The van der Waals surface area contributed by atoms with Crippen LogP contribution in [-0.4, -0.2) is 20.1 Å². The highest BCUT2D eigenvalue weighted by molar-refractivity contribution is 8.00. The molecule has 2 atom stereocenters. The summed E-state index contributed by atoms with van der Waals surface area (Å²) in [6.07, 6.45) is -0.419. The van der Waals surface area contributed by atoms with Crippen LogP contribution in [0.4, 0.5) is 0 Å². The minimum absolute atomic E-state index is 0.513. The highest BCUT2D eigenvalue weighted by Crippen LogP contribution is 2.50. The summed E-state index contributed by atoms with van der Waals surface area (Å²) in [6.45, 7) is 0. The molecule has 0 spiro atoms. The Hall–Kier alpha value is -3.64. The monoisotopic (exact) mass is 521 g/mol. The Morgan fingerprint density at radius 1 is 0.784 bits per heavy atom. The van der Waals surface area contributed by atoms with E-state index < -0.39 is 11.0 Å². The van der Waals surface area contributed by atoms with Crippen molar-refractivity contribution in [3.05, 3.63) is 137 Å². The number of fused-ring (bicyclic) bond motifs is 2. The molecule has 6 heteroatoms. The Balaban J connectivity index is 1.63. The lowest BCUT2D eigenvalue weighted by atomic mass is 9.95. The van der Waals surface area contributed by atoms with E-state index in [0.29, 0.717) is 11.4 Å². The molecule has 0 aliphatic carbocycles. The largest absolute Gasteiger partial charge is 0.385 e. The van der Waals surface area contributed by atoms with Crippen molar-refractivity contribution in [2.45, 2.75) is 22.3 Å². The number of aliphatic hydroxyl groups excluding tert-OH is 1. The van der Waals surface area contributed by atoms with Gasteiger partial charge in [-0.05, 0) is 52.2 Å². The van der Waals surface area contributed by atoms with Gasteiger partial charge in [-0.3, -0.25) is 0 Å². The topological polar surface area (TPSA) is 50.9 Å². The van der Waals surface area contributed by atoms with Crippen LogP contribution >= 0.6 is 23.4 Å². The van der Waals surface area contributed by atoms with E-state index in [1.165, 1.54) is 0 Å². The van der Waals surface area contributed by atoms with Gasteiger partial charge in [0.25, 0.3) is 0 Å². The predicted molar refractivity (Wildman–Crippen MR) is 152 cm³/mol. The summed E-state index contributed by atoms with van der Waals surface area (Å²) in [7, 11) is 0. The molecule has 37 heavy (non-hydrogen) atoms. The summed E-state index contributed by atoms with van der Waals surface area (Å²) < 4.78 is 1.90. The van der Waals surface area contributed by atoms with Crippen molar-refractivity contribution in [1.29, 1.82) is 0 Å². The van der Waals surface area contributed by atoms with E-state index in [4.69, 9.17) is 11.6 Å². The Kier molecular flexibility index (Phi) is 6.43. The maximum Gasteiger partial charge on any atom is 0.148 e. The third kappa shape index (κ3) is 4.51. The fourth-order valence-corrected chi connectivity index (χ4v) is 6.50. The first-order valence-electron chi connectivity index (χ1n) is 12.1. The van der Waals surface area contributed by atoms with Crippen LogP contribution < -0.4 is 0 Å². The van der Waals surface area contributed by atoms with Gasteiger partial charge in [-0.15, -0.1) is 5.10 Å². The smallest absolute Gasteiger partial charge is 0.148 e. The van der Waals surface area contributed by atoms with Crippen LogP contribution in [0.1, 0.15) is 17.2 Å². The number of benzene rings is 5. The lowest BCUT2D eigenvalue weighted by Crippen LogP contribution is -2.40. The Bertz CT molecular complexity index is 1660. The second kappa shape index (κ2) is 10.0. The molecule has 1 N–H and O–H groups in total. The number of aromatic nitrogens is 3. The molecule has 1 heterocycles. The zero-order valence-electron chi connectivity index (χ0n) is 19.9. The second-order valence-electron chi connectivity index (χ2n) is 9.03. The van der Waals surface area contributed by atoms with Crippen molar-refractivity contribution in [2.24, 2.45) is 0 Å². The molecule has 0 aliphatic rings. The number of nitrogens with zero attached hydrogens (tertiary/aromatic N) is 3. The van der Waals surface area contributed by atoms with E-state index in [9.17, 15) is 5.11 Å². The van der Waals surface area contributed by atoms with Gasteiger partial charge in [0, 0.05) is 16.3 Å². The van der Waals surface area contributed by atoms with Gasteiger partial charge in [-0.1, -0.05) is 120 Å². The van der Waals surface area contributed by atoms with Crippen molar-refractivity contribution >= 4 is 45.2 Å². The summed E-state index contributed by atoms with van der Waals surface area (Å²) >= 11 is 7.84. The van der Waals surface area contributed by atoms with Gasteiger partial charge >= 0.3 is 0 Å². The molecular weight excluding hydrogens is 498 g/mol. The summed E-state index contributed by atoms with van der Waals surface area (Å²) in [5, 5.41) is 24.3. The molecule has 1 aromatic heterocycles. The highest BCUT2D eigenvalue weighted by atomic mass is 35.5. The molecular formula is C31H24ClN3OS. The predicted octanol–water partition coefficient (Wildman–Crippen LogP) is 7.66. The Labute approximate surface area is 224 Å². The molecule has 0 saturated carbocycles. The van der Waals surface area contributed by atoms with Gasteiger partial charge in [0.2, 0.25) is 0 Å². The molecule has 182 valence electrons. The number of thioether (sulfide) groups is 1. The van der Waals surface area contributed by atoms with Gasteiger partial charge < -0.3 is 5.11 Å². The van der Waals surface area contributed by atoms with E-state index in [1.807, 2.05) is 83.5 Å². The maximum absolute atomic E-state index is 12.3. The lowest BCUT2D eigenvalue weighted by Gasteiger charge is -2.38.